The maximum atomic E-state index is 11.3. The first-order chi connectivity index (χ1) is 9.06. The van der Waals surface area contributed by atoms with Gasteiger partial charge in [0.15, 0.2) is 0 Å². The molecule has 0 aliphatic rings. The molecule has 7 heteroatoms. The molecule has 2 unspecified atom stereocenters. The smallest absolute Gasteiger partial charge is 0.145 e. The molecule has 1 aromatic heterocycles. The van der Waals surface area contributed by atoms with Crippen molar-refractivity contribution in [2.24, 2.45) is 0 Å². The van der Waals surface area contributed by atoms with E-state index < -0.39 is 10.8 Å². The molecule has 0 amide bonds. The zero-order chi connectivity index (χ0) is 14.3. The summed E-state index contributed by atoms with van der Waals surface area (Å²) in [6, 6.07) is 0. The van der Waals surface area contributed by atoms with Gasteiger partial charge in [0.25, 0.3) is 0 Å². The van der Waals surface area contributed by atoms with Gasteiger partial charge in [-0.05, 0) is 28.8 Å². The third-order valence-corrected chi connectivity index (χ3v) is 4.86. The van der Waals surface area contributed by atoms with Crippen LogP contribution in [0.2, 0.25) is 0 Å². The Kier molecular flexibility index (Phi) is 7.30. The second kappa shape index (κ2) is 8.47. The van der Waals surface area contributed by atoms with E-state index in [0.29, 0.717) is 0 Å². The van der Waals surface area contributed by atoms with Crippen LogP contribution in [0.1, 0.15) is 26.7 Å². The van der Waals surface area contributed by atoms with Gasteiger partial charge in [-0.25, -0.2) is 9.97 Å². The minimum absolute atomic E-state index is 0.186. The zero-order valence-electron chi connectivity index (χ0n) is 11.6. The molecule has 1 heterocycles. The summed E-state index contributed by atoms with van der Waals surface area (Å²) in [5, 5.41) is 6.66. The number of hydrogen-bond acceptors (Lipinski definition) is 5. The highest BCUT2D eigenvalue weighted by molar-refractivity contribution is 9.10. The third-order valence-electron chi connectivity index (χ3n) is 2.74. The lowest BCUT2D eigenvalue weighted by atomic mass is 10.3. The predicted molar refractivity (Wildman–Crippen MR) is 85.1 cm³/mol. The van der Waals surface area contributed by atoms with Crippen LogP contribution in [-0.4, -0.2) is 38.8 Å². The van der Waals surface area contributed by atoms with E-state index in [4.69, 9.17) is 0 Å². The van der Waals surface area contributed by atoms with Gasteiger partial charge >= 0.3 is 0 Å². The van der Waals surface area contributed by atoms with Crippen LogP contribution < -0.4 is 10.6 Å². The molecule has 1 aromatic rings. The van der Waals surface area contributed by atoms with Crippen molar-refractivity contribution in [3.05, 3.63) is 10.8 Å². The second-order valence-electron chi connectivity index (χ2n) is 4.34. The lowest BCUT2D eigenvalue weighted by Crippen LogP contribution is -2.16. The van der Waals surface area contributed by atoms with Crippen LogP contribution in [0.5, 0.6) is 0 Å². The number of halogens is 1. The van der Waals surface area contributed by atoms with Gasteiger partial charge in [-0.2, -0.15) is 0 Å². The highest BCUT2D eigenvalue weighted by Crippen LogP contribution is 2.26. The van der Waals surface area contributed by atoms with Crippen LogP contribution in [0.25, 0.3) is 0 Å². The molecular formula is C12H21BrN4OS. The predicted octanol–water partition coefficient (Wildman–Crippen LogP) is 2.63. The molecule has 0 aliphatic heterocycles. The van der Waals surface area contributed by atoms with E-state index in [1.807, 2.05) is 6.92 Å². The maximum Gasteiger partial charge on any atom is 0.145 e. The molecule has 0 aromatic carbocycles. The first-order valence-electron chi connectivity index (χ1n) is 6.36. The fourth-order valence-electron chi connectivity index (χ4n) is 1.42. The number of aromatic nitrogens is 2. The van der Waals surface area contributed by atoms with Gasteiger partial charge in [0.2, 0.25) is 0 Å². The Morgan fingerprint density at radius 2 is 1.89 bits per heavy atom. The van der Waals surface area contributed by atoms with E-state index in [9.17, 15) is 4.21 Å². The number of hydrogen-bond donors (Lipinski definition) is 2. The largest absolute Gasteiger partial charge is 0.369 e. The lowest BCUT2D eigenvalue weighted by Gasteiger charge is -2.12. The Bertz CT molecular complexity index is 430. The molecule has 0 saturated carbocycles. The third kappa shape index (κ3) is 5.44. The van der Waals surface area contributed by atoms with Gasteiger partial charge in [-0.15, -0.1) is 0 Å². The number of anilines is 2. The van der Waals surface area contributed by atoms with Crippen molar-refractivity contribution in [2.75, 3.05) is 30.0 Å². The summed E-state index contributed by atoms with van der Waals surface area (Å²) in [5.41, 5.74) is 0. The van der Waals surface area contributed by atoms with Crippen molar-refractivity contribution in [1.29, 1.82) is 0 Å². The molecule has 0 saturated heterocycles. The normalized spacial score (nSPS) is 13.9. The first-order valence-corrected chi connectivity index (χ1v) is 8.78. The van der Waals surface area contributed by atoms with Crippen molar-refractivity contribution >= 4 is 38.4 Å². The topological polar surface area (TPSA) is 66.9 Å². The number of nitrogens with zero attached hydrogens (tertiary/aromatic N) is 2. The van der Waals surface area contributed by atoms with Gasteiger partial charge in [0.1, 0.15) is 22.4 Å². The Morgan fingerprint density at radius 1 is 1.32 bits per heavy atom. The SMILES string of the molecule is CCCNc1ncnc(NCCC(C)S(C)=O)c1Br. The summed E-state index contributed by atoms with van der Waals surface area (Å²) in [6.45, 7) is 5.71. The highest BCUT2D eigenvalue weighted by Gasteiger charge is 2.09. The molecule has 1 rings (SSSR count). The van der Waals surface area contributed by atoms with Gasteiger partial charge in [-0.1, -0.05) is 13.8 Å². The summed E-state index contributed by atoms with van der Waals surface area (Å²) < 4.78 is 12.1. The standard InChI is InChI=1S/C12H21BrN4OS/c1-4-6-14-11-10(13)12(17-8-16-11)15-7-5-9(2)19(3)18/h8-9H,4-7H2,1-3H3,(H2,14,15,16,17). The van der Waals surface area contributed by atoms with Crippen LogP contribution in [0.4, 0.5) is 11.6 Å². The van der Waals surface area contributed by atoms with E-state index in [2.05, 4.69) is 43.5 Å². The maximum absolute atomic E-state index is 11.3. The van der Waals surface area contributed by atoms with Crippen LogP contribution >= 0.6 is 15.9 Å². The molecule has 0 radical (unpaired) electrons. The van der Waals surface area contributed by atoms with Crippen LogP contribution in [0.3, 0.4) is 0 Å². The fourth-order valence-corrected chi connectivity index (χ4v) is 2.35. The van der Waals surface area contributed by atoms with Gasteiger partial charge in [0.05, 0.1) is 0 Å². The average molecular weight is 349 g/mol. The lowest BCUT2D eigenvalue weighted by molar-refractivity contribution is 0.672. The quantitative estimate of drug-likeness (QED) is 0.755. The fraction of sp³-hybridized carbons (Fsp3) is 0.667. The molecule has 0 aliphatic carbocycles. The molecule has 19 heavy (non-hydrogen) atoms. The van der Waals surface area contributed by atoms with Gasteiger partial charge in [0, 0.05) is 35.4 Å². The second-order valence-corrected chi connectivity index (χ2v) is 6.93. The van der Waals surface area contributed by atoms with Crippen molar-refractivity contribution in [2.45, 2.75) is 31.9 Å². The highest BCUT2D eigenvalue weighted by atomic mass is 79.9. The van der Waals surface area contributed by atoms with Crippen molar-refractivity contribution in [3.63, 3.8) is 0 Å². The molecule has 5 nitrogen and oxygen atoms in total. The molecule has 0 spiro atoms. The molecule has 2 atom stereocenters. The molecule has 0 bridgehead atoms. The molecule has 2 N–H and O–H groups in total. The summed E-state index contributed by atoms with van der Waals surface area (Å²) in [5.74, 6) is 1.56. The van der Waals surface area contributed by atoms with Crippen molar-refractivity contribution < 1.29 is 4.21 Å². The number of rotatable bonds is 8. The van der Waals surface area contributed by atoms with E-state index in [-0.39, 0.29) is 5.25 Å². The molecule has 0 fully saturated rings. The first kappa shape index (κ1) is 16.4. The summed E-state index contributed by atoms with van der Waals surface area (Å²) >= 11 is 3.50. The average Bonchev–Trinajstić information content (AvgIpc) is 2.39. The Labute approximate surface area is 125 Å². The minimum atomic E-state index is -0.779. The van der Waals surface area contributed by atoms with Gasteiger partial charge < -0.3 is 10.6 Å². The van der Waals surface area contributed by atoms with E-state index >= 15 is 0 Å². The minimum Gasteiger partial charge on any atom is -0.369 e. The van der Waals surface area contributed by atoms with Crippen LogP contribution in [0, 0.1) is 0 Å². The Morgan fingerprint density at radius 3 is 2.42 bits per heavy atom. The zero-order valence-corrected chi connectivity index (χ0v) is 14.0. The van der Waals surface area contributed by atoms with E-state index in [1.54, 1.807) is 6.26 Å². The summed E-state index contributed by atoms with van der Waals surface area (Å²) in [6.07, 6.45) is 5.15. The van der Waals surface area contributed by atoms with E-state index in [0.717, 1.165) is 42.0 Å². The van der Waals surface area contributed by atoms with Crippen molar-refractivity contribution in [3.8, 4) is 0 Å². The molecular weight excluding hydrogens is 328 g/mol. The van der Waals surface area contributed by atoms with Crippen molar-refractivity contribution in [1.82, 2.24) is 9.97 Å². The summed E-state index contributed by atoms with van der Waals surface area (Å²) in [7, 11) is -0.779. The van der Waals surface area contributed by atoms with Crippen LogP contribution in [0.15, 0.2) is 10.8 Å². The van der Waals surface area contributed by atoms with Gasteiger partial charge in [-0.3, -0.25) is 4.21 Å². The Hall–Kier alpha value is -0.690. The Balaban J connectivity index is 2.56. The molecule has 108 valence electrons. The van der Waals surface area contributed by atoms with E-state index in [1.165, 1.54) is 6.33 Å². The number of nitrogens with one attached hydrogen (secondary N) is 2. The van der Waals surface area contributed by atoms with Crippen LogP contribution in [-0.2, 0) is 10.8 Å². The monoisotopic (exact) mass is 348 g/mol. The summed E-state index contributed by atoms with van der Waals surface area (Å²) in [4.78, 5) is 8.39.